The summed E-state index contributed by atoms with van der Waals surface area (Å²) in [6.45, 7) is 4.05. The first-order valence-corrected chi connectivity index (χ1v) is 9.27. The minimum Gasteiger partial charge on any atom is -0.147 e. The lowest BCUT2D eigenvalue weighted by Crippen LogP contribution is -2.06. The van der Waals surface area contributed by atoms with Crippen molar-refractivity contribution in [2.45, 2.75) is 63.3 Å². The Hall–Kier alpha value is -0.740. The van der Waals surface area contributed by atoms with Crippen LogP contribution in [0, 0.1) is 0 Å². The Labute approximate surface area is 144 Å². The standard InChI is InChI=1S/C18H22F3S.ClH/c1-12(2)14-8-9-15-11-16(13-6-4-3-5-7-13)22(17(15)10-14)18(19,20)21;/h8-13H,3-7H2,1-2H3;1H/q+1;. The molecule has 0 aliphatic heterocycles. The molecule has 1 aliphatic carbocycles. The van der Waals surface area contributed by atoms with E-state index in [9.17, 15) is 13.2 Å². The van der Waals surface area contributed by atoms with Crippen LogP contribution >= 0.6 is 22.9 Å². The van der Waals surface area contributed by atoms with E-state index >= 15 is 0 Å². The van der Waals surface area contributed by atoms with Crippen LogP contribution in [0.3, 0.4) is 0 Å². The molecule has 1 heterocycles. The van der Waals surface area contributed by atoms with Crippen molar-refractivity contribution in [3.8, 4) is 0 Å². The van der Waals surface area contributed by atoms with Crippen LogP contribution in [-0.4, -0.2) is 0 Å². The van der Waals surface area contributed by atoms with Crippen molar-refractivity contribution in [2.24, 2.45) is 0 Å². The molecule has 1 unspecified atom stereocenters. The summed E-state index contributed by atoms with van der Waals surface area (Å²) < 4.78 is 41.7. The van der Waals surface area contributed by atoms with Crippen LogP contribution in [0.25, 0.3) is 10.1 Å². The first-order chi connectivity index (χ1) is 10.4. The van der Waals surface area contributed by atoms with Crippen LogP contribution in [-0.2, 0) is 5.51 Å². The Bertz CT molecular complexity index is 667. The Morgan fingerprint density at radius 3 is 2.26 bits per heavy atom. The largest absolute Gasteiger partial charge is 0.600 e. The Morgan fingerprint density at radius 1 is 1.04 bits per heavy atom. The van der Waals surface area contributed by atoms with Crippen molar-refractivity contribution in [2.75, 3.05) is 0 Å². The maximum Gasteiger partial charge on any atom is 0.600 e. The van der Waals surface area contributed by atoms with E-state index in [1.54, 1.807) is 6.07 Å². The lowest BCUT2D eigenvalue weighted by molar-refractivity contribution is -0.0868. The smallest absolute Gasteiger partial charge is 0.147 e. The number of hydrogen-bond donors (Lipinski definition) is 0. The third-order valence-electron chi connectivity index (χ3n) is 4.70. The highest BCUT2D eigenvalue weighted by Gasteiger charge is 2.49. The molecule has 1 aliphatic rings. The van der Waals surface area contributed by atoms with Crippen LogP contribution in [0.1, 0.15) is 68.2 Å². The monoisotopic (exact) mass is 363 g/mol. The summed E-state index contributed by atoms with van der Waals surface area (Å²) in [5.41, 5.74) is -3.16. The summed E-state index contributed by atoms with van der Waals surface area (Å²) >= 11 is 0. The van der Waals surface area contributed by atoms with Gasteiger partial charge in [0, 0.05) is 23.4 Å². The molecule has 1 fully saturated rings. The molecule has 0 amide bonds. The van der Waals surface area contributed by atoms with Gasteiger partial charge in [-0.3, -0.25) is 0 Å². The summed E-state index contributed by atoms with van der Waals surface area (Å²) in [6.07, 6.45) is 5.11. The van der Waals surface area contributed by atoms with Crippen LogP contribution in [0.15, 0.2) is 24.3 Å². The van der Waals surface area contributed by atoms with E-state index < -0.39 is 16.0 Å². The summed E-state index contributed by atoms with van der Waals surface area (Å²) in [5, 5.41) is 0.783. The molecule has 3 rings (SSSR count). The van der Waals surface area contributed by atoms with Gasteiger partial charge in [-0.15, -0.1) is 25.6 Å². The van der Waals surface area contributed by atoms with Gasteiger partial charge in [-0.25, -0.2) is 0 Å². The maximum atomic E-state index is 13.7. The number of halogens is 4. The quantitative estimate of drug-likeness (QED) is 0.480. The zero-order chi connectivity index (χ0) is 15.9. The number of rotatable bonds is 2. The molecule has 5 heteroatoms. The van der Waals surface area contributed by atoms with Crippen LogP contribution in [0.4, 0.5) is 13.2 Å². The highest BCUT2D eigenvalue weighted by atomic mass is 35.5. The molecule has 0 bridgehead atoms. The van der Waals surface area contributed by atoms with Crippen molar-refractivity contribution >= 4 is 33.0 Å². The van der Waals surface area contributed by atoms with E-state index in [0.717, 1.165) is 43.1 Å². The van der Waals surface area contributed by atoms with E-state index in [-0.39, 0.29) is 24.2 Å². The molecule has 1 saturated carbocycles. The molecule has 2 aromatic rings. The van der Waals surface area contributed by atoms with Crippen molar-refractivity contribution < 1.29 is 13.2 Å². The summed E-state index contributed by atoms with van der Waals surface area (Å²) in [4.78, 5) is 0.642. The number of benzene rings is 1. The van der Waals surface area contributed by atoms with Gasteiger partial charge in [-0.1, -0.05) is 39.2 Å². The molecule has 128 valence electrons. The third kappa shape index (κ3) is 3.69. The molecule has 23 heavy (non-hydrogen) atoms. The van der Waals surface area contributed by atoms with Crippen LogP contribution in [0.2, 0.25) is 0 Å². The van der Waals surface area contributed by atoms with Gasteiger partial charge >= 0.3 is 5.51 Å². The van der Waals surface area contributed by atoms with Crippen molar-refractivity contribution in [3.63, 3.8) is 0 Å². The van der Waals surface area contributed by atoms with Gasteiger partial charge in [-0.05, 0) is 30.4 Å². The number of fused-ring (bicyclic) bond motifs is 1. The minimum atomic E-state index is -4.16. The SMILES string of the molecule is CC(C)c1ccc2cc(C3CCCCC3)[s+](C(F)(F)F)c2c1.Cl. The van der Waals surface area contributed by atoms with Gasteiger partial charge < -0.3 is 0 Å². The first kappa shape index (κ1) is 18.6. The van der Waals surface area contributed by atoms with Crippen molar-refractivity contribution in [1.82, 2.24) is 0 Å². The maximum absolute atomic E-state index is 13.7. The topological polar surface area (TPSA) is 0 Å². The second-order valence-electron chi connectivity index (χ2n) is 6.59. The summed E-state index contributed by atoms with van der Waals surface area (Å²) in [5.74, 6) is 0.372. The van der Waals surface area contributed by atoms with Gasteiger partial charge in [0.25, 0.3) is 0 Å². The molecule has 1 aromatic carbocycles. The van der Waals surface area contributed by atoms with Gasteiger partial charge in [-0.2, -0.15) is 0 Å². The van der Waals surface area contributed by atoms with E-state index in [0.29, 0.717) is 9.58 Å². The predicted octanol–water partition coefficient (Wildman–Crippen LogP) is 7.66. The zero-order valence-corrected chi connectivity index (χ0v) is 15.1. The molecule has 1 aromatic heterocycles. The van der Waals surface area contributed by atoms with Crippen molar-refractivity contribution in [1.29, 1.82) is 0 Å². The molecular formula is C18H23ClF3S+. The molecule has 0 N–H and O–H groups in total. The molecule has 0 radical (unpaired) electrons. The third-order valence-corrected chi connectivity index (χ3v) is 6.88. The number of alkyl halides is 3. The molecule has 0 saturated heterocycles. The highest BCUT2D eigenvalue weighted by molar-refractivity contribution is 7.38. The first-order valence-electron chi connectivity index (χ1n) is 8.04. The van der Waals surface area contributed by atoms with E-state index in [4.69, 9.17) is 0 Å². The lowest BCUT2D eigenvalue weighted by Gasteiger charge is -2.18. The molecular weight excluding hydrogens is 341 g/mol. The molecule has 1 atom stereocenters. The lowest BCUT2D eigenvalue weighted by atomic mass is 9.88. The van der Waals surface area contributed by atoms with Crippen molar-refractivity contribution in [3.05, 3.63) is 34.7 Å². The molecule has 0 nitrogen and oxygen atoms in total. The fraction of sp³-hybridized carbons (Fsp3) is 0.556. The average Bonchev–Trinajstić information content (AvgIpc) is 2.86. The second kappa shape index (κ2) is 7.02. The van der Waals surface area contributed by atoms with E-state index in [1.807, 2.05) is 32.0 Å². The van der Waals surface area contributed by atoms with Gasteiger partial charge in [0.2, 0.25) is 0 Å². The molecule has 0 spiro atoms. The zero-order valence-electron chi connectivity index (χ0n) is 13.5. The summed E-state index contributed by atoms with van der Waals surface area (Å²) in [7, 11) is -1.72. The fourth-order valence-corrected chi connectivity index (χ4v) is 5.68. The van der Waals surface area contributed by atoms with Gasteiger partial charge in [0.1, 0.15) is 0 Å². The van der Waals surface area contributed by atoms with Crippen LogP contribution in [0.5, 0.6) is 0 Å². The number of hydrogen-bond acceptors (Lipinski definition) is 0. The highest BCUT2D eigenvalue weighted by Crippen LogP contribution is 2.55. The second-order valence-corrected chi connectivity index (χ2v) is 8.57. The normalized spacial score (nSPS) is 17.6. The minimum absolute atomic E-state index is 0. The Balaban J connectivity index is 0.00000192. The van der Waals surface area contributed by atoms with Gasteiger partial charge in [0.05, 0.1) is 10.5 Å². The Kier molecular flexibility index (Phi) is 5.68. The summed E-state index contributed by atoms with van der Waals surface area (Å²) in [6, 6.07) is 7.49. The van der Waals surface area contributed by atoms with Crippen LogP contribution < -0.4 is 0 Å². The van der Waals surface area contributed by atoms with Gasteiger partial charge in [0.15, 0.2) is 9.58 Å². The number of thiophene rings is 1. The fourth-order valence-electron chi connectivity index (χ4n) is 3.48. The Morgan fingerprint density at radius 2 is 1.70 bits per heavy atom. The van der Waals surface area contributed by atoms with E-state index in [1.165, 1.54) is 0 Å². The predicted molar refractivity (Wildman–Crippen MR) is 94.9 cm³/mol. The van der Waals surface area contributed by atoms with E-state index in [2.05, 4.69) is 0 Å². The average molecular weight is 364 g/mol.